The number of rotatable bonds is 6. The van der Waals surface area contributed by atoms with Crippen LogP contribution in [0.2, 0.25) is 0 Å². The predicted octanol–water partition coefficient (Wildman–Crippen LogP) is 2.33. The van der Waals surface area contributed by atoms with Crippen molar-refractivity contribution >= 4 is 21.2 Å². The van der Waals surface area contributed by atoms with Crippen molar-refractivity contribution in [3.8, 4) is 5.75 Å². The first-order valence-corrected chi connectivity index (χ1v) is 10.8. The topological polar surface area (TPSA) is 93.0 Å². The maximum absolute atomic E-state index is 11.7. The highest BCUT2D eigenvalue weighted by molar-refractivity contribution is 7.90. The summed E-state index contributed by atoms with van der Waals surface area (Å²) in [6, 6.07) is 12.0. The maximum Gasteiger partial charge on any atom is 0.293 e. The van der Waals surface area contributed by atoms with E-state index >= 15 is 0 Å². The molecule has 1 heterocycles. The second-order valence-electron chi connectivity index (χ2n) is 6.79. The predicted molar refractivity (Wildman–Crippen MR) is 107 cm³/mol. The molecule has 0 saturated carbocycles. The largest absolute Gasteiger partial charge is 0.497 e. The molecular weight excluding hydrogens is 382 g/mol. The average molecular weight is 405 g/mol. The summed E-state index contributed by atoms with van der Waals surface area (Å²) in [4.78, 5) is 15.1. The van der Waals surface area contributed by atoms with E-state index in [0.717, 1.165) is 43.3 Å². The molecule has 0 amide bonds. The molecular formula is C19H23N3O5S. The zero-order valence-corrected chi connectivity index (χ0v) is 16.7. The Labute approximate surface area is 164 Å². The first-order valence-electron chi connectivity index (χ1n) is 8.86. The zero-order chi connectivity index (χ0) is 20.3. The van der Waals surface area contributed by atoms with E-state index in [1.165, 1.54) is 12.1 Å². The molecule has 1 aliphatic heterocycles. The van der Waals surface area contributed by atoms with Crippen LogP contribution in [0.1, 0.15) is 5.56 Å². The van der Waals surface area contributed by atoms with E-state index in [0.29, 0.717) is 18.8 Å². The zero-order valence-electron chi connectivity index (χ0n) is 15.9. The number of hydrogen-bond acceptors (Lipinski definition) is 7. The summed E-state index contributed by atoms with van der Waals surface area (Å²) in [5, 5.41) is 11.5. The quantitative estimate of drug-likeness (QED) is 0.538. The second kappa shape index (κ2) is 8.15. The second-order valence-corrected chi connectivity index (χ2v) is 8.81. The van der Waals surface area contributed by atoms with E-state index in [1.807, 2.05) is 29.2 Å². The fraction of sp³-hybridized carbons (Fsp3) is 0.368. The third-order valence-electron chi connectivity index (χ3n) is 4.83. The Morgan fingerprint density at radius 2 is 1.82 bits per heavy atom. The highest BCUT2D eigenvalue weighted by atomic mass is 32.2. The van der Waals surface area contributed by atoms with Gasteiger partial charge in [0.15, 0.2) is 9.84 Å². The fourth-order valence-corrected chi connectivity index (χ4v) is 3.96. The Kier molecular flexibility index (Phi) is 5.85. The molecule has 1 aliphatic rings. The first kappa shape index (κ1) is 20.1. The molecule has 8 nitrogen and oxygen atoms in total. The average Bonchev–Trinajstić information content (AvgIpc) is 2.67. The van der Waals surface area contributed by atoms with E-state index in [2.05, 4.69) is 4.90 Å². The van der Waals surface area contributed by atoms with Gasteiger partial charge in [-0.2, -0.15) is 0 Å². The third kappa shape index (κ3) is 4.60. The SMILES string of the molecule is COc1cccc(CN2CCN(c3ccc(S(C)(=O)=O)cc3[N+](=O)[O-])CC2)c1. The molecule has 0 atom stereocenters. The summed E-state index contributed by atoms with van der Waals surface area (Å²) < 4.78 is 28.7. The van der Waals surface area contributed by atoms with Gasteiger partial charge in [-0.3, -0.25) is 15.0 Å². The van der Waals surface area contributed by atoms with Crippen molar-refractivity contribution in [2.45, 2.75) is 11.4 Å². The van der Waals surface area contributed by atoms with Gasteiger partial charge in [0.05, 0.1) is 16.9 Å². The number of nitro benzene ring substituents is 1. The van der Waals surface area contributed by atoms with E-state index < -0.39 is 14.8 Å². The van der Waals surface area contributed by atoms with Gasteiger partial charge in [0.1, 0.15) is 11.4 Å². The molecule has 3 rings (SSSR count). The van der Waals surface area contributed by atoms with Gasteiger partial charge in [0.2, 0.25) is 0 Å². The normalized spacial score (nSPS) is 15.4. The lowest BCUT2D eigenvalue weighted by Gasteiger charge is -2.35. The first-order chi connectivity index (χ1) is 13.3. The van der Waals surface area contributed by atoms with Gasteiger partial charge in [-0.25, -0.2) is 8.42 Å². The number of methoxy groups -OCH3 is 1. The van der Waals surface area contributed by atoms with Gasteiger partial charge in [-0.15, -0.1) is 0 Å². The number of nitro groups is 1. The van der Waals surface area contributed by atoms with Crippen molar-refractivity contribution in [3.05, 3.63) is 58.1 Å². The van der Waals surface area contributed by atoms with Crippen molar-refractivity contribution in [1.82, 2.24) is 4.90 Å². The van der Waals surface area contributed by atoms with E-state index in [-0.39, 0.29) is 10.6 Å². The molecule has 0 N–H and O–H groups in total. The van der Waals surface area contributed by atoms with Crippen molar-refractivity contribution in [2.24, 2.45) is 0 Å². The number of nitrogens with zero attached hydrogens (tertiary/aromatic N) is 3. The Bertz CT molecular complexity index is 969. The van der Waals surface area contributed by atoms with E-state index in [4.69, 9.17) is 4.74 Å². The van der Waals surface area contributed by atoms with Crippen molar-refractivity contribution < 1.29 is 18.1 Å². The summed E-state index contributed by atoms with van der Waals surface area (Å²) in [6.45, 7) is 3.54. The Morgan fingerprint density at radius 1 is 1.11 bits per heavy atom. The number of benzene rings is 2. The highest BCUT2D eigenvalue weighted by Crippen LogP contribution is 2.31. The molecule has 1 fully saturated rings. The number of sulfone groups is 1. The van der Waals surface area contributed by atoms with Crippen molar-refractivity contribution in [3.63, 3.8) is 0 Å². The molecule has 150 valence electrons. The van der Waals surface area contributed by atoms with Crippen LogP contribution < -0.4 is 9.64 Å². The molecule has 0 aromatic heterocycles. The van der Waals surface area contributed by atoms with Gasteiger partial charge < -0.3 is 9.64 Å². The molecule has 0 bridgehead atoms. The Balaban J connectivity index is 1.71. The van der Waals surface area contributed by atoms with Crippen LogP contribution in [-0.2, 0) is 16.4 Å². The lowest BCUT2D eigenvalue weighted by Crippen LogP contribution is -2.46. The van der Waals surface area contributed by atoms with Gasteiger partial charge in [0.25, 0.3) is 5.69 Å². The van der Waals surface area contributed by atoms with Crippen molar-refractivity contribution in [1.29, 1.82) is 0 Å². The molecule has 9 heteroatoms. The van der Waals surface area contributed by atoms with Crippen LogP contribution >= 0.6 is 0 Å². The molecule has 28 heavy (non-hydrogen) atoms. The molecule has 2 aromatic rings. The summed E-state index contributed by atoms with van der Waals surface area (Å²) in [7, 11) is -1.86. The van der Waals surface area contributed by atoms with Gasteiger partial charge in [0, 0.05) is 45.0 Å². The summed E-state index contributed by atoms with van der Waals surface area (Å²) in [5.41, 5.74) is 1.43. The number of hydrogen-bond donors (Lipinski definition) is 0. The maximum atomic E-state index is 11.7. The summed E-state index contributed by atoms with van der Waals surface area (Å²) in [5.74, 6) is 0.817. The van der Waals surface area contributed by atoms with Crippen LogP contribution in [0, 0.1) is 10.1 Å². The molecule has 0 spiro atoms. The number of anilines is 1. The summed E-state index contributed by atoms with van der Waals surface area (Å²) in [6.07, 6.45) is 1.04. The van der Waals surface area contributed by atoms with Crippen molar-refractivity contribution in [2.75, 3.05) is 44.4 Å². The Morgan fingerprint density at radius 3 is 2.43 bits per heavy atom. The number of piperazine rings is 1. The van der Waals surface area contributed by atoms with Gasteiger partial charge >= 0.3 is 0 Å². The smallest absolute Gasteiger partial charge is 0.293 e. The molecule has 2 aromatic carbocycles. The fourth-order valence-electron chi connectivity index (χ4n) is 3.32. The highest BCUT2D eigenvalue weighted by Gasteiger charge is 2.25. The standard InChI is InChI=1S/C19H23N3O5S/c1-27-16-5-3-4-15(12-16)14-20-8-10-21(11-9-20)18-7-6-17(28(2,25)26)13-19(18)22(23)24/h3-7,12-13H,8-11,14H2,1-2H3. The van der Waals surface area contributed by atoms with Gasteiger partial charge in [-0.05, 0) is 29.8 Å². The summed E-state index contributed by atoms with van der Waals surface area (Å²) >= 11 is 0. The number of ether oxygens (including phenoxy) is 1. The molecule has 0 unspecified atom stereocenters. The minimum Gasteiger partial charge on any atom is -0.497 e. The van der Waals surface area contributed by atoms with Crippen LogP contribution in [0.3, 0.4) is 0 Å². The van der Waals surface area contributed by atoms with Crippen LogP contribution in [0.5, 0.6) is 5.75 Å². The lowest BCUT2D eigenvalue weighted by atomic mass is 10.1. The van der Waals surface area contributed by atoms with Gasteiger partial charge in [-0.1, -0.05) is 12.1 Å². The van der Waals surface area contributed by atoms with E-state index in [1.54, 1.807) is 7.11 Å². The lowest BCUT2D eigenvalue weighted by molar-refractivity contribution is -0.384. The molecule has 1 saturated heterocycles. The van der Waals surface area contributed by atoms with Crippen LogP contribution in [0.15, 0.2) is 47.4 Å². The van der Waals surface area contributed by atoms with Crippen LogP contribution in [0.25, 0.3) is 0 Å². The van der Waals surface area contributed by atoms with Crippen LogP contribution in [0.4, 0.5) is 11.4 Å². The third-order valence-corrected chi connectivity index (χ3v) is 5.94. The minimum atomic E-state index is -3.50. The minimum absolute atomic E-state index is 0.0420. The molecule has 0 aliphatic carbocycles. The molecule has 0 radical (unpaired) electrons. The monoisotopic (exact) mass is 405 g/mol. The van der Waals surface area contributed by atoms with E-state index in [9.17, 15) is 18.5 Å². The Hall–Kier alpha value is -2.65. The van der Waals surface area contributed by atoms with Crippen LogP contribution in [-0.4, -0.2) is 57.8 Å².